The smallest absolute Gasteiger partial charge is 0.133 e. The van der Waals surface area contributed by atoms with Gasteiger partial charge >= 0.3 is 0 Å². The maximum absolute atomic E-state index is 6.48. The molecule has 1 atom stereocenters. The number of hydrogen-bond acceptors (Lipinski definition) is 2. The highest BCUT2D eigenvalue weighted by Gasteiger charge is 2.23. The summed E-state index contributed by atoms with van der Waals surface area (Å²) in [4.78, 5) is 1.29. The number of ether oxygens (including phenoxy) is 1. The van der Waals surface area contributed by atoms with Crippen LogP contribution in [-0.2, 0) is 5.41 Å². The zero-order valence-electron chi connectivity index (χ0n) is 18.9. The first-order valence-electron chi connectivity index (χ1n) is 10.4. The van der Waals surface area contributed by atoms with E-state index in [0.717, 1.165) is 12.2 Å². The molecule has 0 bridgehead atoms. The van der Waals surface area contributed by atoms with Gasteiger partial charge < -0.3 is 4.74 Å². The predicted octanol–water partition coefficient (Wildman–Crippen LogP) is 8.58. The van der Waals surface area contributed by atoms with Crippen molar-refractivity contribution >= 4 is 11.3 Å². The summed E-state index contributed by atoms with van der Waals surface area (Å²) < 4.78 is 6.48. The zero-order chi connectivity index (χ0) is 21.2. The van der Waals surface area contributed by atoms with Crippen molar-refractivity contribution in [3.63, 3.8) is 0 Å². The fourth-order valence-corrected chi connectivity index (χ4v) is 4.33. The SMILES string of the molecule is Cc1cc(OC(CC(C)(C)C)c2cccs2)ccc1-c1ccc(C(C)(C)C)cc1. The molecule has 1 nitrogen and oxygen atoms in total. The van der Waals surface area contributed by atoms with E-state index in [1.54, 1.807) is 11.3 Å². The van der Waals surface area contributed by atoms with Gasteiger partial charge in [-0.05, 0) is 70.0 Å². The Morgan fingerprint density at radius 2 is 1.59 bits per heavy atom. The van der Waals surface area contributed by atoms with Crippen molar-refractivity contribution in [3.8, 4) is 16.9 Å². The Kier molecular flexibility index (Phi) is 6.24. The minimum Gasteiger partial charge on any atom is -0.485 e. The monoisotopic (exact) mass is 406 g/mol. The highest BCUT2D eigenvalue weighted by molar-refractivity contribution is 7.10. The molecule has 29 heavy (non-hydrogen) atoms. The van der Waals surface area contributed by atoms with Crippen LogP contribution in [0.5, 0.6) is 5.75 Å². The largest absolute Gasteiger partial charge is 0.485 e. The van der Waals surface area contributed by atoms with Gasteiger partial charge in [0.05, 0.1) is 0 Å². The fourth-order valence-electron chi connectivity index (χ4n) is 3.58. The summed E-state index contributed by atoms with van der Waals surface area (Å²) in [6, 6.07) is 19.7. The van der Waals surface area contributed by atoms with Crippen LogP contribution in [0.3, 0.4) is 0 Å². The minimum atomic E-state index is 0.0892. The fraction of sp³-hybridized carbons (Fsp3) is 0.407. The predicted molar refractivity (Wildman–Crippen MR) is 127 cm³/mol. The van der Waals surface area contributed by atoms with Gasteiger partial charge in [-0.25, -0.2) is 0 Å². The average molecular weight is 407 g/mol. The van der Waals surface area contributed by atoms with Crippen LogP contribution in [0.4, 0.5) is 0 Å². The summed E-state index contributed by atoms with van der Waals surface area (Å²) in [7, 11) is 0. The lowest BCUT2D eigenvalue weighted by molar-refractivity contribution is 0.148. The van der Waals surface area contributed by atoms with Gasteiger partial charge in [0.25, 0.3) is 0 Å². The highest BCUT2D eigenvalue weighted by atomic mass is 32.1. The second-order valence-corrected chi connectivity index (χ2v) is 11.2. The molecular weight excluding hydrogens is 372 g/mol. The van der Waals surface area contributed by atoms with Gasteiger partial charge in [-0.15, -0.1) is 11.3 Å². The van der Waals surface area contributed by atoms with Crippen molar-refractivity contribution in [1.82, 2.24) is 0 Å². The first-order valence-corrected chi connectivity index (χ1v) is 11.3. The molecule has 0 aliphatic carbocycles. The second kappa shape index (κ2) is 8.36. The van der Waals surface area contributed by atoms with Gasteiger partial charge in [-0.1, -0.05) is 77.9 Å². The van der Waals surface area contributed by atoms with Gasteiger partial charge in [0.1, 0.15) is 11.9 Å². The molecule has 0 saturated carbocycles. The molecule has 0 fully saturated rings. The normalized spacial score (nSPS) is 13.3. The summed E-state index contributed by atoms with van der Waals surface area (Å²) in [5.74, 6) is 0.945. The molecule has 0 spiro atoms. The van der Waals surface area contributed by atoms with E-state index in [1.807, 2.05) is 0 Å². The van der Waals surface area contributed by atoms with Crippen molar-refractivity contribution in [1.29, 1.82) is 0 Å². The Labute approximate surface area is 180 Å². The van der Waals surface area contributed by atoms with E-state index in [1.165, 1.54) is 27.1 Å². The third-order valence-corrected chi connectivity index (χ3v) is 6.16. The van der Waals surface area contributed by atoms with E-state index in [0.29, 0.717) is 0 Å². The summed E-state index contributed by atoms with van der Waals surface area (Å²) in [5, 5.41) is 2.13. The van der Waals surface area contributed by atoms with Crippen molar-refractivity contribution < 1.29 is 4.74 Å². The van der Waals surface area contributed by atoms with Crippen LogP contribution in [0.1, 0.15) is 70.1 Å². The Morgan fingerprint density at radius 1 is 0.897 bits per heavy atom. The van der Waals surface area contributed by atoms with Crippen LogP contribution in [0, 0.1) is 12.3 Å². The average Bonchev–Trinajstić information content (AvgIpc) is 3.14. The topological polar surface area (TPSA) is 9.23 Å². The van der Waals surface area contributed by atoms with E-state index >= 15 is 0 Å². The third-order valence-electron chi connectivity index (χ3n) is 5.20. The lowest BCUT2D eigenvalue weighted by Crippen LogP contribution is -2.16. The summed E-state index contributed by atoms with van der Waals surface area (Å²) in [6.45, 7) is 15.7. The van der Waals surface area contributed by atoms with Gasteiger partial charge in [0.2, 0.25) is 0 Å². The quantitative estimate of drug-likeness (QED) is 0.412. The first kappa shape index (κ1) is 21.6. The Balaban J connectivity index is 1.83. The van der Waals surface area contributed by atoms with E-state index in [4.69, 9.17) is 4.74 Å². The van der Waals surface area contributed by atoms with Gasteiger partial charge in [-0.2, -0.15) is 0 Å². The molecule has 0 radical (unpaired) electrons. The molecule has 0 N–H and O–H groups in total. The van der Waals surface area contributed by atoms with Crippen LogP contribution < -0.4 is 4.74 Å². The molecule has 1 unspecified atom stereocenters. The van der Waals surface area contributed by atoms with Gasteiger partial charge in [0, 0.05) is 4.88 Å². The lowest BCUT2D eigenvalue weighted by Gasteiger charge is -2.26. The van der Waals surface area contributed by atoms with Crippen molar-refractivity contribution in [3.05, 3.63) is 76.0 Å². The molecule has 2 aromatic carbocycles. The standard InChI is InChI=1S/C27H34OS/c1-19-17-22(28-24(18-26(2,3)4)25-9-8-16-29-25)14-15-23(19)20-10-12-21(13-11-20)27(5,6)7/h8-17,24H,18H2,1-7H3. The molecule has 0 amide bonds. The molecule has 0 aliphatic heterocycles. The van der Waals surface area contributed by atoms with Gasteiger partial charge in [0.15, 0.2) is 0 Å². The maximum atomic E-state index is 6.48. The van der Waals surface area contributed by atoms with Crippen LogP contribution in [0.25, 0.3) is 11.1 Å². The van der Waals surface area contributed by atoms with E-state index in [-0.39, 0.29) is 16.9 Å². The number of rotatable bonds is 5. The van der Waals surface area contributed by atoms with Crippen molar-refractivity contribution in [2.75, 3.05) is 0 Å². The van der Waals surface area contributed by atoms with Crippen LogP contribution >= 0.6 is 11.3 Å². The molecule has 2 heteroatoms. The third kappa shape index (κ3) is 5.73. The highest BCUT2D eigenvalue weighted by Crippen LogP contribution is 2.37. The molecule has 1 heterocycles. The Bertz CT molecular complexity index is 922. The maximum Gasteiger partial charge on any atom is 0.133 e. The zero-order valence-corrected chi connectivity index (χ0v) is 19.7. The van der Waals surface area contributed by atoms with E-state index < -0.39 is 0 Å². The first-order chi connectivity index (χ1) is 13.5. The van der Waals surface area contributed by atoms with Crippen molar-refractivity contribution in [2.24, 2.45) is 5.41 Å². The van der Waals surface area contributed by atoms with E-state index in [9.17, 15) is 0 Å². The number of aryl methyl sites for hydroxylation is 1. The molecule has 3 aromatic rings. The Hall–Kier alpha value is -2.06. The number of benzene rings is 2. The second-order valence-electron chi connectivity index (χ2n) is 10.2. The summed E-state index contributed by atoms with van der Waals surface area (Å²) >= 11 is 1.77. The number of hydrogen-bond donors (Lipinski definition) is 0. The van der Waals surface area contributed by atoms with E-state index in [2.05, 4.69) is 108 Å². The minimum absolute atomic E-state index is 0.0892. The lowest BCUT2D eigenvalue weighted by atomic mass is 9.86. The summed E-state index contributed by atoms with van der Waals surface area (Å²) in [5.41, 5.74) is 5.51. The van der Waals surface area contributed by atoms with Crippen LogP contribution in [0.2, 0.25) is 0 Å². The molecular formula is C27H34OS. The van der Waals surface area contributed by atoms with Gasteiger partial charge in [-0.3, -0.25) is 0 Å². The Morgan fingerprint density at radius 3 is 2.10 bits per heavy atom. The molecule has 0 saturated heterocycles. The number of thiophene rings is 1. The summed E-state index contributed by atoms with van der Waals surface area (Å²) in [6.07, 6.45) is 1.08. The molecule has 154 valence electrons. The molecule has 0 aliphatic rings. The molecule has 1 aromatic heterocycles. The molecule has 3 rings (SSSR count). The van der Waals surface area contributed by atoms with Crippen LogP contribution in [-0.4, -0.2) is 0 Å². The van der Waals surface area contributed by atoms with Crippen LogP contribution in [0.15, 0.2) is 60.0 Å². The van der Waals surface area contributed by atoms with Crippen molar-refractivity contribution in [2.45, 2.75) is 66.4 Å².